The molecular weight excluding hydrogens is 272 g/mol. The molecule has 0 aliphatic heterocycles. The van der Waals surface area contributed by atoms with Crippen molar-refractivity contribution in [3.05, 3.63) is 64.4 Å². The Bertz CT molecular complexity index is 539. The first-order valence-electron chi connectivity index (χ1n) is 6.64. The summed E-state index contributed by atoms with van der Waals surface area (Å²) in [6.07, 6.45) is 1.27. The van der Waals surface area contributed by atoms with Crippen molar-refractivity contribution in [2.24, 2.45) is 0 Å². The third-order valence-electron chi connectivity index (χ3n) is 3.26. The van der Waals surface area contributed by atoms with Crippen molar-refractivity contribution < 1.29 is 5.11 Å². The smallest absolute Gasteiger partial charge is 0.0940 e. The number of aromatic nitrogens is 1. The van der Waals surface area contributed by atoms with Crippen LogP contribution < -0.4 is 5.32 Å². The van der Waals surface area contributed by atoms with Crippen LogP contribution >= 0.6 is 11.6 Å². The van der Waals surface area contributed by atoms with E-state index in [-0.39, 0.29) is 6.04 Å². The van der Waals surface area contributed by atoms with E-state index < -0.39 is 6.10 Å². The van der Waals surface area contributed by atoms with E-state index in [1.165, 1.54) is 0 Å². The average Bonchev–Trinajstić information content (AvgIpc) is 2.46. The molecule has 106 valence electrons. The number of nitrogens with zero attached hydrogens (tertiary/aromatic N) is 1. The molecule has 0 saturated heterocycles. The van der Waals surface area contributed by atoms with Gasteiger partial charge in [-0.25, -0.2) is 0 Å². The van der Waals surface area contributed by atoms with Gasteiger partial charge in [0.2, 0.25) is 0 Å². The summed E-state index contributed by atoms with van der Waals surface area (Å²) in [7, 11) is 0. The number of hydrogen-bond donors (Lipinski definition) is 2. The molecule has 1 heterocycles. The van der Waals surface area contributed by atoms with Crippen molar-refractivity contribution in [2.75, 3.05) is 0 Å². The molecule has 0 radical (unpaired) electrons. The highest BCUT2D eigenvalue weighted by Crippen LogP contribution is 2.19. The van der Waals surface area contributed by atoms with Gasteiger partial charge in [-0.2, -0.15) is 0 Å². The maximum absolute atomic E-state index is 10.3. The number of nitrogens with one attached hydrogen (secondary N) is 1. The van der Waals surface area contributed by atoms with Gasteiger partial charge in [-0.05, 0) is 43.2 Å². The van der Waals surface area contributed by atoms with Crippen LogP contribution in [0.25, 0.3) is 0 Å². The minimum atomic E-state index is -0.572. The molecule has 0 aliphatic rings. The molecule has 0 spiro atoms. The Morgan fingerprint density at radius 3 is 2.50 bits per heavy atom. The van der Waals surface area contributed by atoms with E-state index in [1.54, 1.807) is 12.1 Å². The van der Waals surface area contributed by atoms with Crippen LogP contribution in [-0.4, -0.2) is 16.1 Å². The van der Waals surface area contributed by atoms with Crippen LogP contribution in [0, 0.1) is 6.92 Å². The molecule has 2 rings (SSSR count). The topological polar surface area (TPSA) is 45.1 Å². The van der Waals surface area contributed by atoms with Gasteiger partial charge in [0.05, 0.1) is 11.8 Å². The zero-order valence-corrected chi connectivity index (χ0v) is 12.4. The zero-order valence-electron chi connectivity index (χ0n) is 11.7. The SMILES string of the molecule is Cc1ccc(CNC(C)C(O)c2ccc(Cl)cc2)nc1. The second kappa shape index (κ2) is 6.84. The highest BCUT2D eigenvalue weighted by atomic mass is 35.5. The van der Waals surface area contributed by atoms with Crippen molar-refractivity contribution >= 4 is 11.6 Å². The van der Waals surface area contributed by atoms with Crippen LogP contribution in [0.15, 0.2) is 42.6 Å². The number of benzene rings is 1. The lowest BCUT2D eigenvalue weighted by Crippen LogP contribution is -2.32. The fraction of sp³-hybridized carbons (Fsp3) is 0.312. The van der Waals surface area contributed by atoms with Gasteiger partial charge < -0.3 is 10.4 Å². The van der Waals surface area contributed by atoms with Gasteiger partial charge in [0.1, 0.15) is 0 Å². The molecule has 2 atom stereocenters. The number of aliphatic hydroxyl groups is 1. The fourth-order valence-electron chi connectivity index (χ4n) is 1.93. The molecule has 0 aliphatic carbocycles. The van der Waals surface area contributed by atoms with Crippen molar-refractivity contribution in [3.8, 4) is 0 Å². The summed E-state index contributed by atoms with van der Waals surface area (Å²) < 4.78 is 0. The molecule has 0 bridgehead atoms. The van der Waals surface area contributed by atoms with E-state index >= 15 is 0 Å². The minimum absolute atomic E-state index is 0.0701. The first kappa shape index (κ1) is 15.0. The summed E-state index contributed by atoms with van der Waals surface area (Å²) in [5, 5.41) is 14.2. The van der Waals surface area contributed by atoms with Crippen LogP contribution in [0.4, 0.5) is 0 Å². The first-order valence-corrected chi connectivity index (χ1v) is 7.02. The van der Waals surface area contributed by atoms with Crippen molar-refractivity contribution in [3.63, 3.8) is 0 Å². The monoisotopic (exact) mass is 290 g/mol. The number of aryl methyl sites for hydroxylation is 1. The molecule has 0 fully saturated rings. The largest absolute Gasteiger partial charge is 0.387 e. The van der Waals surface area contributed by atoms with E-state index in [4.69, 9.17) is 11.6 Å². The van der Waals surface area contributed by atoms with Gasteiger partial charge in [0, 0.05) is 23.8 Å². The third-order valence-corrected chi connectivity index (χ3v) is 3.51. The molecule has 1 aromatic heterocycles. The fourth-order valence-corrected chi connectivity index (χ4v) is 2.05. The van der Waals surface area contributed by atoms with E-state index in [0.29, 0.717) is 11.6 Å². The zero-order chi connectivity index (χ0) is 14.5. The molecule has 1 aromatic carbocycles. The Morgan fingerprint density at radius 1 is 1.20 bits per heavy atom. The lowest BCUT2D eigenvalue weighted by molar-refractivity contribution is 0.135. The molecule has 2 unspecified atom stereocenters. The average molecular weight is 291 g/mol. The van der Waals surface area contributed by atoms with Crippen molar-refractivity contribution in [1.29, 1.82) is 0 Å². The van der Waals surface area contributed by atoms with Crippen LogP contribution in [0.5, 0.6) is 0 Å². The molecule has 4 heteroatoms. The van der Waals surface area contributed by atoms with Crippen LogP contribution in [0.1, 0.15) is 29.8 Å². The van der Waals surface area contributed by atoms with Gasteiger partial charge in [-0.1, -0.05) is 29.8 Å². The van der Waals surface area contributed by atoms with Crippen LogP contribution in [0.3, 0.4) is 0 Å². The third kappa shape index (κ3) is 4.04. The van der Waals surface area contributed by atoms with E-state index in [0.717, 1.165) is 16.8 Å². The molecular formula is C16H19ClN2O. The normalized spacial score (nSPS) is 14.0. The minimum Gasteiger partial charge on any atom is -0.387 e. The highest BCUT2D eigenvalue weighted by molar-refractivity contribution is 6.30. The van der Waals surface area contributed by atoms with Crippen LogP contribution in [-0.2, 0) is 6.54 Å². The molecule has 3 nitrogen and oxygen atoms in total. The van der Waals surface area contributed by atoms with Crippen LogP contribution in [0.2, 0.25) is 5.02 Å². The number of hydrogen-bond acceptors (Lipinski definition) is 3. The summed E-state index contributed by atoms with van der Waals surface area (Å²) in [5.74, 6) is 0. The number of pyridine rings is 1. The van der Waals surface area contributed by atoms with Gasteiger partial charge in [-0.15, -0.1) is 0 Å². The Kier molecular flexibility index (Phi) is 5.12. The molecule has 2 aromatic rings. The standard InChI is InChI=1S/C16H19ClN2O/c1-11-3-8-15(19-9-11)10-18-12(2)16(20)13-4-6-14(17)7-5-13/h3-9,12,16,18,20H,10H2,1-2H3. The predicted octanol–water partition coefficient (Wildman–Crippen LogP) is 3.26. The van der Waals surface area contributed by atoms with Crippen molar-refractivity contribution in [2.45, 2.75) is 32.5 Å². The number of halogens is 1. The second-order valence-electron chi connectivity index (χ2n) is 4.99. The molecule has 0 amide bonds. The summed E-state index contributed by atoms with van der Waals surface area (Å²) in [4.78, 5) is 4.33. The van der Waals surface area contributed by atoms with E-state index in [1.807, 2.05) is 44.3 Å². The summed E-state index contributed by atoms with van der Waals surface area (Å²) in [5.41, 5.74) is 2.96. The summed E-state index contributed by atoms with van der Waals surface area (Å²) in [6, 6.07) is 11.2. The van der Waals surface area contributed by atoms with Gasteiger partial charge in [0.15, 0.2) is 0 Å². The lowest BCUT2D eigenvalue weighted by Gasteiger charge is -2.20. The van der Waals surface area contributed by atoms with E-state index in [2.05, 4.69) is 10.3 Å². The maximum atomic E-state index is 10.3. The summed E-state index contributed by atoms with van der Waals surface area (Å²) >= 11 is 5.84. The molecule has 0 saturated carbocycles. The Labute approximate surface area is 124 Å². The predicted molar refractivity (Wildman–Crippen MR) is 81.7 cm³/mol. The Morgan fingerprint density at radius 2 is 1.90 bits per heavy atom. The molecule has 20 heavy (non-hydrogen) atoms. The highest BCUT2D eigenvalue weighted by Gasteiger charge is 2.15. The maximum Gasteiger partial charge on any atom is 0.0940 e. The first-order chi connectivity index (χ1) is 9.56. The quantitative estimate of drug-likeness (QED) is 0.888. The van der Waals surface area contributed by atoms with Gasteiger partial charge >= 0.3 is 0 Å². The van der Waals surface area contributed by atoms with Gasteiger partial charge in [0.25, 0.3) is 0 Å². The molecule has 2 N–H and O–H groups in total. The van der Waals surface area contributed by atoms with Crippen molar-refractivity contribution in [1.82, 2.24) is 10.3 Å². The summed E-state index contributed by atoms with van der Waals surface area (Å²) in [6.45, 7) is 4.59. The number of rotatable bonds is 5. The Hall–Kier alpha value is -1.42. The Balaban J connectivity index is 1.92. The second-order valence-corrected chi connectivity index (χ2v) is 5.43. The van der Waals surface area contributed by atoms with Gasteiger partial charge in [-0.3, -0.25) is 4.98 Å². The van der Waals surface area contributed by atoms with E-state index in [9.17, 15) is 5.11 Å². The number of aliphatic hydroxyl groups excluding tert-OH is 1. The lowest BCUT2D eigenvalue weighted by atomic mass is 10.0.